The Balaban J connectivity index is 2.29. The molecule has 2 heterocycles. The van der Waals surface area contributed by atoms with Crippen molar-refractivity contribution in [3.05, 3.63) is 16.9 Å². The van der Waals surface area contributed by atoms with Gasteiger partial charge in [0.25, 0.3) is 0 Å². The zero-order chi connectivity index (χ0) is 14.9. The van der Waals surface area contributed by atoms with Crippen molar-refractivity contribution in [1.29, 1.82) is 0 Å². The Kier molecular flexibility index (Phi) is 4.74. The van der Waals surface area contributed by atoms with E-state index in [1.54, 1.807) is 6.20 Å². The summed E-state index contributed by atoms with van der Waals surface area (Å²) in [6.07, 6.45) is 1.69. The summed E-state index contributed by atoms with van der Waals surface area (Å²) in [6, 6.07) is 0.0436. The molecule has 0 aliphatic carbocycles. The second kappa shape index (κ2) is 6.02. The van der Waals surface area contributed by atoms with Gasteiger partial charge in [0.2, 0.25) is 0 Å². The summed E-state index contributed by atoms with van der Waals surface area (Å²) in [5, 5.41) is 5.00. The van der Waals surface area contributed by atoms with E-state index in [9.17, 15) is 0 Å². The molecule has 5 nitrogen and oxygen atoms in total. The Morgan fingerprint density at radius 3 is 2.50 bits per heavy atom. The van der Waals surface area contributed by atoms with Crippen LogP contribution >= 0.6 is 11.6 Å². The average molecular weight is 301 g/mol. The minimum absolute atomic E-state index is 0.194. The molecule has 20 heavy (non-hydrogen) atoms. The third kappa shape index (κ3) is 2.86. The predicted molar refractivity (Wildman–Crippen MR) is 81.0 cm³/mol. The molecule has 0 aromatic carbocycles. The molecule has 0 radical (unpaired) electrons. The predicted octanol–water partition coefficient (Wildman–Crippen LogP) is 2.23. The second-order valence-electron chi connectivity index (χ2n) is 6.15. The van der Waals surface area contributed by atoms with Gasteiger partial charge in [-0.25, -0.2) is 0 Å². The molecule has 1 unspecified atom stereocenters. The molecule has 1 aromatic heterocycles. The number of ether oxygens (including phenoxy) is 1. The number of nitrogens with zero attached hydrogens (tertiary/aromatic N) is 3. The number of halogens is 1. The van der Waals surface area contributed by atoms with E-state index in [1.807, 2.05) is 4.68 Å². The number of aromatic nitrogens is 2. The van der Waals surface area contributed by atoms with E-state index >= 15 is 0 Å². The molecule has 1 aliphatic rings. The van der Waals surface area contributed by atoms with Crippen LogP contribution < -0.4 is 5.73 Å². The van der Waals surface area contributed by atoms with Gasteiger partial charge in [0.15, 0.2) is 0 Å². The quantitative estimate of drug-likeness (QED) is 0.926. The molecule has 1 aromatic rings. The third-order valence-corrected chi connectivity index (χ3v) is 4.45. The number of nitrogens with two attached hydrogens (primary N) is 1. The van der Waals surface area contributed by atoms with Crippen molar-refractivity contribution in [3.63, 3.8) is 0 Å². The first-order valence-corrected chi connectivity index (χ1v) is 7.54. The lowest BCUT2D eigenvalue weighted by Crippen LogP contribution is -2.55. The number of rotatable bonds is 4. The van der Waals surface area contributed by atoms with Gasteiger partial charge >= 0.3 is 0 Å². The van der Waals surface area contributed by atoms with E-state index in [0.29, 0.717) is 5.02 Å². The minimum Gasteiger partial charge on any atom is -0.379 e. The van der Waals surface area contributed by atoms with Crippen molar-refractivity contribution < 1.29 is 4.74 Å². The molecule has 2 N–H and O–H groups in total. The maximum atomic E-state index is 6.56. The molecule has 1 saturated heterocycles. The van der Waals surface area contributed by atoms with E-state index in [0.717, 1.165) is 32.0 Å². The first kappa shape index (κ1) is 15.8. The van der Waals surface area contributed by atoms with Crippen LogP contribution in [0.5, 0.6) is 0 Å². The molecular weight excluding hydrogens is 276 g/mol. The highest BCUT2D eigenvalue weighted by atomic mass is 35.5. The lowest BCUT2D eigenvalue weighted by atomic mass is 9.90. The average Bonchev–Trinajstić information content (AvgIpc) is 2.80. The van der Waals surface area contributed by atoms with Gasteiger partial charge in [0.1, 0.15) is 0 Å². The SMILES string of the molecule is CC(C)n1ncc(Cl)c1C(N)C(C)(C)N1CCOCC1. The first-order chi connectivity index (χ1) is 9.35. The lowest BCUT2D eigenvalue weighted by Gasteiger charge is -2.44. The third-order valence-electron chi connectivity index (χ3n) is 4.16. The minimum atomic E-state index is -0.196. The molecule has 6 heteroatoms. The maximum absolute atomic E-state index is 6.56. The van der Waals surface area contributed by atoms with Crippen molar-refractivity contribution in [3.8, 4) is 0 Å². The van der Waals surface area contributed by atoms with Crippen LogP contribution in [0.3, 0.4) is 0 Å². The molecule has 0 spiro atoms. The van der Waals surface area contributed by atoms with Crippen LogP contribution in [0.25, 0.3) is 0 Å². The first-order valence-electron chi connectivity index (χ1n) is 7.17. The van der Waals surface area contributed by atoms with Gasteiger partial charge in [-0.2, -0.15) is 5.10 Å². The standard InChI is InChI=1S/C14H25ClN4O/c1-10(2)19-12(11(15)9-17-19)13(16)14(3,4)18-5-7-20-8-6-18/h9-10,13H,5-8,16H2,1-4H3. The summed E-state index contributed by atoms with van der Waals surface area (Å²) in [7, 11) is 0. The van der Waals surface area contributed by atoms with Crippen LogP contribution in [0.2, 0.25) is 5.02 Å². The molecular formula is C14H25ClN4O. The molecule has 1 aliphatic heterocycles. The molecule has 2 rings (SSSR count). The molecule has 0 bridgehead atoms. The van der Waals surface area contributed by atoms with E-state index in [1.165, 1.54) is 0 Å². The molecule has 114 valence electrons. The van der Waals surface area contributed by atoms with Gasteiger partial charge in [0, 0.05) is 24.7 Å². The van der Waals surface area contributed by atoms with Crippen LogP contribution in [0.1, 0.15) is 45.5 Å². The number of morpholine rings is 1. The monoisotopic (exact) mass is 300 g/mol. The van der Waals surface area contributed by atoms with Crippen LogP contribution in [-0.2, 0) is 4.74 Å². The van der Waals surface area contributed by atoms with Crippen LogP contribution in [0.15, 0.2) is 6.20 Å². The van der Waals surface area contributed by atoms with Crippen LogP contribution in [0, 0.1) is 0 Å². The Morgan fingerprint density at radius 2 is 1.95 bits per heavy atom. The highest BCUT2D eigenvalue weighted by Gasteiger charge is 2.38. The van der Waals surface area contributed by atoms with E-state index in [2.05, 4.69) is 37.7 Å². The normalized spacial score (nSPS) is 19.6. The summed E-state index contributed by atoms with van der Waals surface area (Å²) in [4.78, 5) is 2.37. The van der Waals surface area contributed by atoms with Gasteiger partial charge < -0.3 is 10.5 Å². The summed E-state index contributed by atoms with van der Waals surface area (Å²) < 4.78 is 7.35. The van der Waals surface area contributed by atoms with Crippen molar-refractivity contribution in [2.45, 2.75) is 45.3 Å². The summed E-state index contributed by atoms with van der Waals surface area (Å²) in [5.74, 6) is 0. The van der Waals surface area contributed by atoms with Gasteiger partial charge in [-0.15, -0.1) is 0 Å². The number of hydrogen-bond acceptors (Lipinski definition) is 4. The molecule has 1 atom stereocenters. The Morgan fingerprint density at radius 1 is 1.35 bits per heavy atom. The van der Waals surface area contributed by atoms with E-state index < -0.39 is 0 Å². The molecule has 0 amide bonds. The fourth-order valence-corrected chi connectivity index (χ4v) is 2.97. The highest BCUT2D eigenvalue weighted by molar-refractivity contribution is 6.31. The van der Waals surface area contributed by atoms with E-state index in [4.69, 9.17) is 22.1 Å². The van der Waals surface area contributed by atoms with Gasteiger partial charge in [-0.1, -0.05) is 11.6 Å². The Bertz CT molecular complexity index is 452. The smallest absolute Gasteiger partial charge is 0.0834 e. The maximum Gasteiger partial charge on any atom is 0.0834 e. The molecule has 1 fully saturated rings. The zero-order valence-electron chi connectivity index (χ0n) is 12.8. The summed E-state index contributed by atoms with van der Waals surface area (Å²) in [6.45, 7) is 11.8. The Labute approximate surface area is 126 Å². The zero-order valence-corrected chi connectivity index (χ0v) is 13.5. The Hall–Kier alpha value is -0.620. The van der Waals surface area contributed by atoms with Crippen LogP contribution in [0.4, 0.5) is 0 Å². The summed E-state index contributed by atoms with van der Waals surface area (Å²) in [5.41, 5.74) is 7.28. The largest absolute Gasteiger partial charge is 0.379 e. The van der Waals surface area contributed by atoms with Crippen molar-refractivity contribution in [2.24, 2.45) is 5.73 Å². The highest BCUT2D eigenvalue weighted by Crippen LogP contribution is 2.34. The second-order valence-corrected chi connectivity index (χ2v) is 6.55. The van der Waals surface area contributed by atoms with Crippen molar-refractivity contribution >= 4 is 11.6 Å². The van der Waals surface area contributed by atoms with Gasteiger partial charge in [-0.3, -0.25) is 9.58 Å². The fraction of sp³-hybridized carbons (Fsp3) is 0.786. The van der Waals surface area contributed by atoms with Gasteiger partial charge in [-0.05, 0) is 27.7 Å². The molecule has 0 saturated carbocycles. The van der Waals surface area contributed by atoms with Crippen molar-refractivity contribution in [2.75, 3.05) is 26.3 Å². The van der Waals surface area contributed by atoms with E-state index in [-0.39, 0.29) is 17.6 Å². The van der Waals surface area contributed by atoms with Gasteiger partial charge in [0.05, 0.1) is 36.2 Å². The topological polar surface area (TPSA) is 56.3 Å². The van der Waals surface area contributed by atoms with Crippen LogP contribution in [-0.4, -0.2) is 46.5 Å². The lowest BCUT2D eigenvalue weighted by molar-refractivity contribution is -0.0200. The number of hydrogen-bond donors (Lipinski definition) is 1. The fourth-order valence-electron chi connectivity index (χ4n) is 2.72. The van der Waals surface area contributed by atoms with Crippen molar-refractivity contribution in [1.82, 2.24) is 14.7 Å². The summed E-state index contributed by atoms with van der Waals surface area (Å²) >= 11 is 6.32.